The Hall–Kier alpha value is -4.31. The second kappa shape index (κ2) is 12.1. The van der Waals surface area contributed by atoms with E-state index in [9.17, 15) is 19.5 Å². The molecule has 2 heterocycles. The van der Waals surface area contributed by atoms with E-state index in [2.05, 4.69) is 20.9 Å². The number of hydrogen-bond donors (Lipinski definition) is 4. The van der Waals surface area contributed by atoms with Crippen molar-refractivity contribution in [2.24, 2.45) is 5.92 Å². The van der Waals surface area contributed by atoms with E-state index in [0.29, 0.717) is 28.6 Å². The third kappa shape index (κ3) is 7.11. The molecule has 3 aromatic rings. The predicted octanol–water partition coefficient (Wildman–Crippen LogP) is 3.25. The van der Waals surface area contributed by atoms with Gasteiger partial charge in [-0.2, -0.15) is 0 Å². The molecule has 2 unspecified atom stereocenters. The summed E-state index contributed by atoms with van der Waals surface area (Å²) in [5.74, 6) is -2.20. The van der Waals surface area contributed by atoms with Crippen molar-refractivity contribution < 1.29 is 19.5 Å². The number of anilines is 2. The molecule has 4 N–H and O–H groups in total. The number of benzene rings is 2. The van der Waals surface area contributed by atoms with Crippen molar-refractivity contribution in [2.45, 2.75) is 25.4 Å². The summed E-state index contributed by atoms with van der Waals surface area (Å²) in [6.45, 7) is 0.771. The van der Waals surface area contributed by atoms with Crippen LogP contribution in [0.5, 0.6) is 0 Å². The molecule has 0 spiro atoms. The van der Waals surface area contributed by atoms with Crippen molar-refractivity contribution >= 4 is 46.5 Å². The first-order chi connectivity index (χ1) is 17.9. The van der Waals surface area contributed by atoms with E-state index >= 15 is 0 Å². The topological polar surface area (TPSA) is 124 Å². The van der Waals surface area contributed by atoms with Crippen LogP contribution in [0.4, 0.5) is 11.4 Å². The number of nitrogens with one attached hydrogen (secondary N) is 3. The van der Waals surface area contributed by atoms with Crippen LogP contribution >= 0.6 is 12.2 Å². The lowest BCUT2D eigenvalue weighted by molar-refractivity contribution is -0.138. The lowest BCUT2D eigenvalue weighted by Gasteiger charge is -2.20. The molecule has 2 aromatic carbocycles. The molecule has 1 saturated heterocycles. The average Bonchev–Trinajstić information content (AvgIpc) is 3.30. The number of hydrogen-bond acceptors (Lipinski definition) is 5. The van der Waals surface area contributed by atoms with Gasteiger partial charge >= 0.3 is 5.97 Å². The van der Waals surface area contributed by atoms with Crippen molar-refractivity contribution in [3.63, 3.8) is 0 Å². The van der Waals surface area contributed by atoms with E-state index in [0.717, 1.165) is 5.56 Å². The number of carboxylic acid groups (broad SMARTS) is 1. The largest absolute Gasteiger partial charge is 0.481 e. The minimum atomic E-state index is -1.04. The Balaban J connectivity index is 1.37. The zero-order chi connectivity index (χ0) is 26.2. The van der Waals surface area contributed by atoms with Crippen molar-refractivity contribution in [3.05, 3.63) is 90.3 Å². The van der Waals surface area contributed by atoms with Gasteiger partial charge in [-0.15, -0.1) is 0 Å². The zero-order valence-electron chi connectivity index (χ0n) is 20.0. The molecule has 0 radical (unpaired) electrons. The summed E-state index contributed by atoms with van der Waals surface area (Å²) in [6, 6.07) is 19.8. The Morgan fingerprint density at radius 1 is 1.11 bits per heavy atom. The van der Waals surface area contributed by atoms with E-state index < -0.39 is 17.9 Å². The highest BCUT2D eigenvalue weighted by molar-refractivity contribution is 7.80. The molecule has 2 atom stereocenters. The maximum absolute atomic E-state index is 13.0. The van der Waals surface area contributed by atoms with Crippen LogP contribution in [0.2, 0.25) is 0 Å². The third-order valence-electron chi connectivity index (χ3n) is 5.99. The van der Waals surface area contributed by atoms with E-state index in [1.165, 1.54) is 6.20 Å². The standard InChI is InChI=1S/C27H27N5O4S/c33-24-12-20(26(36)31-23(14-25(34)35)19-8-5-11-28-16-19)17-32(24)22-10-4-9-21(13-22)30-27(37)29-15-18-6-2-1-3-7-18/h1-11,13,16,20,23H,12,14-15,17H2,(H,31,36)(H,34,35)(H2,29,30,37). The van der Waals surface area contributed by atoms with Gasteiger partial charge in [0, 0.05) is 43.3 Å². The first-order valence-corrected chi connectivity index (χ1v) is 12.2. The summed E-state index contributed by atoms with van der Waals surface area (Å²) in [7, 11) is 0. The molecule has 0 aliphatic carbocycles. The lowest BCUT2D eigenvalue weighted by atomic mass is 10.0. The van der Waals surface area contributed by atoms with Crippen LogP contribution in [-0.4, -0.2) is 39.5 Å². The van der Waals surface area contributed by atoms with Crippen LogP contribution in [0, 0.1) is 5.92 Å². The molecule has 9 nitrogen and oxygen atoms in total. The number of carbonyl (C=O) groups excluding carboxylic acids is 2. The minimum Gasteiger partial charge on any atom is -0.481 e. The fraction of sp³-hybridized carbons (Fsp3) is 0.222. The smallest absolute Gasteiger partial charge is 0.305 e. The number of thiocarbonyl (C=S) groups is 1. The number of nitrogens with zero attached hydrogens (tertiary/aromatic N) is 2. The van der Waals surface area contributed by atoms with E-state index in [4.69, 9.17) is 12.2 Å². The number of carbonyl (C=O) groups is 3. The highest BCUT2D eigenvalue weighted by Gasteiger charge is 2.36. The Labute approximate surface area is 219 Å². The molecule has 0 bridgehead atoms. The third-order valence-corrected chi connectivity index (χ3v) is 6.24. The van der Waals surface area contributed by atoms with Gasteiger partial charge < -0.3 is 26.0 Å². The summed E-state index contributed by atoms with van der Waals surface area (Å²) in [4.78, 5) is 42.7. The summed E-state index contributed by atoms with van der Waals surface area (Å²) in [5, 5.41) is 18.8. The normalized spacial score (nSPS) is 15.6. The molecule has 0 saturated carbocycles. The van der Waals surface area contributed by atoms with Crippen molar-refractivity contribution in [1.29, 1.82) is 0 Å². The number of aromatic nitrogens is 1. The molecule has 10 heteroatoms. The van der Waals surface area contributed by atoms with Gasteiger partial charge in [0.25, 0.3) is 0 Å². The van der Waals surface area contributed by atoms with Gasteiger partial charge in [-0.3, -0.25) is 19.4 Å². The van der Waals surface area contributed by atoms with Crippen LogP contribution in [0.3, 0.4) is 0 Å². The van der Waals surface area contributed by atoms with Gasteiger partial charge in [-0.25, -0.2) is 0 Å². The number of aliphatic carboxylic acids is 1. The molecule has 1 aliphatic rings. The van der Waals surface area contributed by atoms with Gasteiger partial charge in [0.1, 0.15) is 0 Å². The van der Waals surface area contributed by atoms with Crippen LogP contribution in [-0.2, 0) is 20.9 Å². The molecule has 2 amide bonds. The quantitative estimate of drug-likeness (QED) is 0.319. The lowest BCUT2D eigenvalue weighted by Crippen LogP contribution is -2.36. The first kappa shape index (κ1) is 25.8. The maximum atomic E-state index is 13.0. The molecule has 1 aromatic heterocycles. The Morgan fingerprint density at radius 3 is 2.65 bits per heavy atom. The number of rotatable bonds is 9. The van der Waals surface area contributed by atoms with Gasteiger partial charge in [-0.1, -0.05) is 42.5 Å². The van der Waals surface area contributed by atoms with Crippen molar-refractivity contribution in [3.8, 4) is 0 Å². The molecular weight excluding hydrogens is 490 g/mol. The van der Waals surface area contributed by atoms with Crippen molar-refractivity contribution in [1.82, 2.24) is 15.6 Å². The zero-order valence-corrected chi connectivity index (χ0v) is 20.8. The van der Waals surface area contributed by atoms with Crippen LogP contribution in [0.15, 0.2) is 79.1 Å². The molecule has 4 rings (SSSR count). The minimum absolute atomic E-state index is 0.0351. The average molecular weight is 518 g/mol. The SMILES string of the molecule is O=C(O)CC(NC(=O)C1CC(=O)N(c2cccc(NC(=S)NCc3ccccc3)c2)C1)c1cccnc1. The summed E-state index contributed by atoms with van der Waals surface area (Å²) in [5.41, 5.74) is 3.05. The summed E-state index contributed by atoms with van der Waals surface area (Å²) >= 11 is 5.40. The Bertz CT molecular complexity index is 1270. The second-order valence-corrected chi connectivity index (χ2v) is 9.10. The number of pyridine rings is 1. The fourth-order valence-electron chi connectivity index (χ4n) is 4.14. The highest BCUT2D eigenvalue weighted by Crippen LogP contribution is 2.28. The summed E-state index contributed by atoms with van der Waals surface area (Å²) in [6.07, 6.45) is 2.85. The monoisotopic (exact) mass is 517 g/mol. The number of amides is 2. The second-order valence-electron chi connectivity index (χ2n) is 8.69. The van der Waals surface area contributed by atoms with Gasteiger partial charge in [0.05, 0.1) is 18.4 Å². The molecule has 1 aliphatic heterocycles. The van der Waals surface area contributed by atoms with Gasteiger partial charge in [0.15, 0.2) is 5.11 Å². The molecular formula is C27H27N5O4S. The maximum Gasteiger partial charge on any atom is 0.305 e. The first-order valence-electron chi connectivity index (χ1n) is 11.8. The Kier molecular flexibility index (Phi) is 8.42. The summed E-state index contributed by atoms with van der Waals surface area (Å²) < 4.78 is 0. The molecule has 37 heavy (non-hydrogen) atoms. The van der Waals surface area contributed by atoms with Crippen molar-refractivity contribution in [2.75, 3.05) is 16.8 Å². The van der Waals surface area contributed by atoms with Crippen LogP contribution < -0.4 is 20.9 Å². The van der Waals surface area contributed by atoms with E-state index in [1.54, 1.807) is 35.4 Å². The fourth-order valence-corrected chi connectivity index (χ4v) is 4.33. The van der Waals surface area contributed by atoms with Gasteiger partial charge in [-0.05, 0) is 47.6 Å². The Morgan fingerprint density at radius 2 is 1.92 bits per heavy atom. The van der Waals surface area contributed by atoms with Gasteiger partial charge in [0.2, 0.25) is 11.8 Å². The van der Waals surface area contributed by atoms with E-state index in [-0.39, 0.29) is 31.2 Å². The van der Waals surface area contributed by atoms with Crippen LogP contribution in [0.25, 0.3) is 0 Å². The number of carboxylic acids is 1. The molecule has 190 valence electrons. The molecule has 1 fully saturated rings. The van der Waals surface area contributed by atoms with E-state index in [1.807, 2.05) is 42.5 Å². The highest BCUT2D eigenvalue weighted by atomic mass is 32.1. The van der Waals surface area contributed by atoms with Crippen LogP contribution in [0.1, 0.15) is 30.0 Å². The predicted molar refractivity (Wildman–Crippen MR) is 144 cm³/mol.